The van der Waals surface area contributed by atoms with E-state index in [1.54, 1.807) is 6.92 Å². The number of hydrogen-bond donors (Lipinski definition) is 1. The molecule has 1 aromatic carbocycles. The van der Waals surface area contributed by atoms with Gasteiger partial charge in [-0.3, -0.25) is 9.69 Å². The second-order valence-corrected chi connectivity index (χ2v) is 9.95. The van der Waals surface area contributed by atoms with Gasteiger partial charge in [0.25, 0.3) is 5.91 Å². The largest absolute Gasteiger partial charge is 0.455 e. The van der Waals surface area contributed by atoms with E-state index in [0.29, 0.717) is 19.6 Å². The smallest absolute Gasteiger partial charge is 0.287 e. The molecule has 0 aliphatic carbocycles. The first-order chi connectivity index (χ1) is 14.4. The first-order valence-corrected chi connectivity index (χ1v) is 12.1. The van der Waals surface area contributed by atoms with Crippen LogP contribution in [0.1, 0.15) is 46.7 Å². The number of fused-ring (bicyclic) bond motifs is 1. The van der Waals surface area contributed by atoms with Crippen LogP contribution in [0.5, 0.6) is 0 Å². The molecule has 162 valence electrons. The molecule has 8 heteroatoms. The Labute approximate surface area is 178 Å². The van der Waals surface area contributed by atoms with Crippen molar-refractivity contribution in [1.82, 2.24) is 14.5 Å². The normalized spacial score (nSPS) is 17.8. The van der Waals surface area contributed by atoms with Crippen molar-refractivity contribution >= 4 is 15.9 Å². The quantitative estimate of drug-likeness (QED) is 0.682. The number of sulfonamides is 1. The number of benzene rings is 1. The Hall–Kier alpha value is -2.16. The molecule has 0 saturated carbocycles. The van der Waals surface area contributed by atoms with Crippen molar-refractivity contribution in [2.24, 2.45) is 0 Å². The monoisotopic (exact) mass is 431 g/mol. The highest BCUT2D eigenvalue weighted by Crippen LogP contribution is 2.26. The molecule has 1 amide bonds. The van der Waals surface area contributed by atoms with E-state index in [-0.39, 0.29) is 22.3 Å². The maximum atomic E-state index is 12.7. The van der Waals surface area contributed by atoms with Gasteiger partial charge in [0.05, 0.1) is 0 Å². The SMILES string of the molecule is Cc1oc(C(=O)NCCCN2CCc3ccccc3C2)cc1S(=O)(=O)N1CCCC1. The first-order valence-electron chi connectivity index (χ1n) is 10.6. The minimum atomic E-state index is -3.59. The number of carbonyl (C=O) groups is 1. The lowest BCUT2D eigenvalue weighted by atomic mass is 10.00. The zero-order chi connectivity index (χ0) is 21.1. The van der Waals surface area contributed by atoms with Crippen LogP contribution in [-0.2, 0) is 23.0 Å². The van der Waals surface area contributed by atoms with Crippen molar-refractivity contribution in [2.75, 3.05) is 32.7 Å². The third-order valence-corrected chi connectivity index (χ3v) is 7.93. The Kier molecular flexibility index (Phi) is 6.26. The van der Waals surface area contributed by atoms with Gasteiger partial charge < -0.3 is 9.73 Å². The molecule has 0 radical (unpaired) electrons. The number of aryl methyl sites for hydroxylation is 1. The number of amides is 1. The fourth-order valence-electron chi connectivity index (χ4n) is 4.24. The Morgan fingerprint density at radius 3 is 2.63 bits per heavy atom. The zero-order valence-electron chi connectivity index (χ0n) is 17.4. The van der Waals surface area contributed by atoms with Gasteiger partial charge in [-0.2, -0.15) is 4.31 Å². The molecule has 2 aliphatic heterocycles. The van der Waals surface area contributed by atoms with Gasteiger partial charge in [-0.25, -0.2) is 8.42 Å². The molecule has 4 rings (SSSR count). The van der Waals surface area contributed by atoms with Crippen molar-refractivity contribution < 1.29 is 17.6 Å². The Morgan fingerprint density at radius 2 is 1.87 bits per heavy atom. The second-order valence-electron chi connectivity index (χ2n) is 8.05. The van der Waals surface area contributed by atoms with Crippen LogP contribution in [0.15, 0.2) is 39.6 Å². The van der Waals surface area contributed by atoms with E-state index in [4.69, 9.17) is 4.42 Å². The van der Waals surface area contributed by atoms with Gasteiger partial charge in [-0.1, -0.05) is 24.3 Å². The molecular weight excluding hydrogens is 402 g/mol. The van der Waals surface area contributed by atoms with Gasteiger partial charge in [-0.05, 0) is 43.7 Å². The number of hydrogen-bond acceptors (Lipinski definition) is 5. The van der Waals surface area contributed by atoms with Crippen LogP contribution in [0.4, 0.5) is 0 Å². The minimum absolute atomic E-state index is 0.0529. The summed E-state index contributed by atoms with van der Waals surface area (Å²) in [6.45, 7) is 6.03. The number of rotatable bonds is 7. The van der Waals surface area contributed by atoms with Crippen LogP contribution < -0.4 is 5.32 Å². The topological polar surface area (TPSA) is 82.9 Å². The van der Waals surface area contributed by atoms with E-state index < -0.39 is 10.0 Å². The maximum absolute atomic E-state index is 12.7. The molecule has 1 fully saturated rings. The number of nitrogens with zero attached hydrogens (tertiary/aromatic N) is 2. The fraction of sp³-hybridized carbons (Fsp3) is 0.500. The molecule has 30 heavy (non-hydrogen) atoms. The molecule has 0 spiro atoms. The summed E-state index contributed by atoms with van der Waals surface area (Å²) in [6, 6.07) is 9.89. The van der Waals surface area contributed by atoms with E-state index in [2.05, 4.69) is 34.5 Å². The van der Waals surface area contributed by atoms with Crippen molar-refractivity contribution in [3.8, 4) is 0 Å². The van der Waals surface area contributed by atoms with Crippen molar-refractivity contribution in [3.63, 3.8) is 0 Å². The van der Waals surface area contributed by atoms with Gasteiger partial charge in [-0.15, -0.1) is 0 Å². The first kappa shape index (κ1) is 21.1. The highest BCUT2D eigenvalue weighted by atomic mass is 32.2. The van der Waals surface area contributed by atoms with Crippen LogP contribution >= 0.6 is 0 Å². The van der Waals surface area contributed by atoms with Crippen molar-refractivity contribution in [2.45, 2.75) is 44.0 Å². The minimum Gasteiger partial charge on any atom is -0.455 e. The van der Waals surface area contributed by atoms with Gasteiger partial charge >= 0.3 is 0 Å². The van der Waals surface area contributed by atoms with Gasteiger partial charge in [0.1, 0.15) is 10.7 Å². The summed E-state index contributed by atoms with van der Waals surface area (Å²) >= 11 is 0. The number of carbonyl (C=O) groups excluding carboxylic acids is 1. The summed E-state index contributed by atoms with van der Waals surface area (Å²) in [5, 5.41) is 2.85. The fourth-order valence-corrected chi connectivity index (χ4v) is 5.92. The second kappa shape index (κ2) is 8.91. The lowest BCUT2D eigenvalue weighted by Gasteiger charge is -2.28. The van der Waals surface area contributed by atoms with Crippen LogP contribution in [0.3, 0.4) is 0 Å². The predicted octanol–water partition coefficient (Wildman–Crippen LogP) is 2.55. The standard InChI is InChI=1S/C22H29N3O4S/c1-17-21(30(27,28)25-12-4-5-13-25)15-20(29-17)22(26)23-10-6-11-24-14-9-18-7-2-3-8-19(18)16-24/h2-3,7-8,15H,4-6,9-14,16H2,1H3,(H,23,26). The molecule has 0 unspecified atom stereocenters. The molecule has 3 heterocycles. The average molecular weight is 432 g/mol. The van der Waals surface area contributed by atoms with Crippen LogP contribution in [0.2, 0.25) is 0 Å². The molecule has 1 aromatic heterocycles. The third-order valence-electron chi connectivity index (χ3n) is 5.93. The van der Waals surface area contributed by atoms with E-state index in [0.717, 1.165) is 45.3 Å². The lowest BCUT2D eigenvalue weighted by molar-refractivity contribution is 0.0922. The summed E-state index contributed by atoms with van der Waals surface area (Å²) in [4.78, 5) is 14.9. The van der Waals surface area contributed by atoms with E-state index in [9.17, 15) is 13.2 Å². The predicted molar refractivity (Wildman–Crippen MR) is 114 cm³/mol. The molecule has 2 aliphatic rings. The zero-order valence-corrected chi connectivity index (χ0v) is 18.2. The number of furan rings is 1. The van der Waals surface area contributed by atoms with E-state index in [1.807, 2.05) is 0 Å². The Morgan fingerprint density at radius 1 is 1.13 bits per heavy atom. The Bertz CT molecular complexity index is 1010. The summed E-state index contributed by atoms with van der Waals surface area (Å²) in [5.74, 6) is -0.0545. The third kappa shape index (κ3) is 4.45. The summed E-state index contributed by atoms with van der Waals surface area (Å²) in [7, 11) is -3.59. The van der Waals surface area contributed by atoms with Gasteiger partial charge in [0.15, 0.2) is 5.76 Å². The van der Waals surface area contributed by atoms with Crippen LogP contribution in [0.25, 0.3) is 0 Å². The van der Waals surface area contributed by atoms with E-state index in [1.165, 1.54) is 21.5 Å². The molecule has 0 bridgehead atoms. The van der Waals surface area contributed by atoms with Crippen LogP contribution in [0, 0.1) is 6.92 Å². The Balaban J connectivity index is 1.28. The van der Waals surface area contributed by atoms with Crippen LogP contribution in [-0.4, -0.2) is 56.3 Å². The maximum Gasteiger partial charge on any atom is 0.287 e. The highest BCUT2D eigenvalue weighted by Gasteiger charge is 2.31. The molecule has 1 saturated heterocycles. The lowest BCUT2D eigenvalue weighted by Crippen LogP contribution is -2.33. The molecule has 0 atom stereocenters. The average Bonchev–Trinajstić information content (AvgIpc) is 3.41. The molecular formula is C22H29N3O4S. The number of nitrogens with one attached hydrogen (secondary N) is 1. The summed E-state index contributed by atoms with van der Waals surface area (Å²) in [6.07, 6.45) is 3.62. The molecule has 2 aromatic rings. The van der Waals surface area contributed by atoms with E-state index >= 15 is 0 Å². The molecule has 7 nitrogen and oxygen atoms in total. The summed E-state index contributed by atoms with van der Waals surface area (Å²) in [5.41, 5.74) is 2.81. The van der Waals surface area contributed by atoms with Gasteiger partial charge in [0.2, 0.25) is 10.0 Å². The van der Waals surface area contributed by atoms with Crippen molar-refractivity contribution in [1.29, 1.82) is 0 Å². The summed E-state index contributed by atoms with van der Waals surface area (Å²) < 4.78 is 32.4. The molecule has 1 N–H and O–H groups in total. The van der Waals surface area contributed by atoms with Gasteiger partial charge in [0, 0.05) is 45.3 Å². The van der Waals surface area contributed by atoms with Crippen molar-refractivity contribution in [3.05, 3.63) is 53.0 Å². The highest BCUT2D eigenvalue weighted by molar-refractivity contribution is 7.89.